The van der Waals surface area contributed by atoms with Gasteiger partial charge in [0.2, 0.25) is 0 Å². The minimum atomic E-state index is -0.740. The molecule has 1 fully saturated rings. The van der Waals surface area contributed by atoms with Gasteiger partial charge in [-0.15, -0.1) is 11.3 Å². The number of primary amides is 2. The van der Waals surface area contributed by atoms with Gasteiger partial charge < -0.3 is 21.5 Å². The Balaban J connectivity index is 1.59. The van der Waals surface area contributed by atoms with E-state index in [2.05, 4.69) is 24.5 Å². The van der Waals surface area contributed by atoms with Gasteiger partial charge in [-0.3, -0.25) is 14.9 Å². The first-order valence-electron chi connectivity index (χ1n) is 11.7. The highest BCUT2D eigenvalue weighted by atomic mass is 32.1. The van der Waals surface area contributed by atoms with E-state index >= 15 is 0 Å². The maximum Gasteiger partial charge on any atom is 0.323 e. The molecular formula is C25H34N4O4S. The van der Waals surface area contributed by atoms with E-state index < -0.39 is 11.9 Å². The van der Waals surface area contributed by atoms with Gasteiger partial charge in [-0.1, -0.05) is 38.1 Å². The molecule has 34 heavy (non-hydrogen) atoms. The number of anilines is 1. The van der Waals surface area contributed by atoms with Gasteiger partial charge in [-0.2, -0.15) is 0 Å². The van der Waals surface area contributed by atoms with Crippen molar-refractivity contribution in [3.63, 3.8) is 0 Å². The highest BCUT2D eigenvalue weighted by molar-refractivity contribution is 7.16. The number of nitrogens with two attached hydrogens (primary N) is 2. The summed E-state index contributed by atoms with van der Waals surface area (Å²) in [6.45, 7) is 4.77. The smallest absolute Gasteiger partial charge is 0.323 e. The quantitative estimate of drug-likeness (QED) is 0.357. The molecule has 0 spiro atoms. The SMILES string of the molecule is CC(C)CC(NCc1ccc(Cc2cc(C(N)=O)c(NC(N)=O)s2)cc1)C(=O)OC1CCCC1. The third kappa shape index (κ3) is 7.56. The molecule has 9 heteroatoms. The summed E-state index contributed by atoms with van der Waals surface area (Å²) in [6, 6.07) is 8.67. The Hall–Kier alpha value is -2.91. The minimum absolute atomic E-state index is 0.0641. The Kier molecular flexibility index (Phi) is 9.06. The number of hydrogen-bond donors (Lipinski definition) is 4. The van der Waals surface area contributed by atoms with Crippen molar-refractivity contribution < 1.29 is 19.1 Å². The largest absolute Gasteiger partial charge is 0.461 e. The fourth-order valence-corrected chi connectivity index (χ4v) is 5.22. The number of ether oxygens (including phenoxy) is 1. The van der Waals surface area contributed by atoms with Crippen LogP contribution in [0, 0.1) is 5.92 Å². The highest BCUT2D eigenvalue weighted by Crippen LogP contribution is 2.29. The number of urea groups is 1. The monoisotopic (exact) mass is 486 g/mol. The number of carbonyl (C=O) groups excluding carboxylic acids is 3. The lowest BCUT2D eigenvalue weighted by Crippen LogP contribution is -2.40. The number of nitrogens with one attached hydrogen (secondary N) is 2. The van der Waals surface area contributed by atoms with Crippen LogP contribution in [0.2, 0.25) is 0 Å². The third-order valence-electron chi connectivity index (χ3n) is 5.82. The molecule has 6 N–H and O–H groups in total. The summed E-state index contributed by atoms with van der Waals surface area (Å²) in [4.78, 5) is 36.4. The van der Waals surface area contributed by atoms with Gasteiger partial charge in [-0.25, -0.2) is 4.79 Å². The van der Waals surface area contributed by atoms with E-state index in [0.717, 1.165) is 48.1 Å². The first kappa shape index (κ1) is 25.7. The Morgan fingerprint density at radius 1 is 1.09 bits per heavy atom. The van der Waals surface area contributed by atoms with Crippen molar-refractivity contribution in [2.24, 2.45) is 17.4 Å². The maximum atomic E-state index is 12.7. The molecular weight excluding hydrogens is 452 g/mol. The van der Waals surface area contributed by atoms with Crippen LogP contribution in [0.5, 0.6) is 0 Å². The number of benzene rings is 1. The Bertz CT molecular complexity index is 997. The van der Waals surface area contributed by atoms with Crippen molar-refractivity contribution >= 4 is 34.2 Å². The molecule has 0 bridgehead atoms. The Morgan fingerprint density at radius 2 is 1.74 bits per heavy atom. The topological polar surface area (TPSA) is 137 Å². The molecule has 3 amide bonds. The van der Waals surface area contributed by atoms with E-state index in [1.807, 2.05) is 24.3 Å². The summed E-state index contributed by atoms with van der Waals surface area (Å²) in [5.41, 5.74) is 12.9. The first-order valence-corrected chi connectivity index (χ1v) is 12.5. The molecule has 3 rings (SSSR count). The van der Waals surface area contributed by atoms with Gasteiger partial charge in [0.1, 0.15) is 17.1 Å². The predicted molar refractivity (Wildman–Crippen MR) is 134 cm³/mol. The number of esters is 1. The number of carbonyl (C=O) groups is 3. The second-order valence-electron chi connectivity index (χ2n) is 9.21. The van der Waals surface area contributed by atoms with Crippen LogP contribution < -0.4 is 22.1 Å². The second kappa shape index (κ2) is 12.0. The molecule has 8 nitrogen and oxygen atoms in total. The molecule has 1 aromatic carbocycles. The van der Waals surface area contributed by atoms with Crippen LogP contribution in [-0.2, 0) is 22.5 Å². The van der Waals surface area contributed by atoms with Gasteiger partial charge in [-0.05, 0) is 55.2 Å². The van der Waals surface area contributed by atoms with Crippen molar-refractivity contribution in [3.05, 3.63) is 51.9 Å². The van der Waals surface area contributed by atoms with Gasteiger partial charge in [0.25, 0.3) is 5.91 Å². The molecule has 184 valence electrons. The van der Waals surface area contributed by atoms with Gasteiger partial charge in [0.15, 0.2) is 0 Å². The van der Waals surface area contributed by atoms with Gasteiger partial charge >= 0.3 is 12.0 Å². The number of amides is 3. The third-order valence-corrected chi connectivity index (χ3v) is 6.87. The standard InChI is InChI=1S/C25H34N4O4S/c1-15(2)11-21(24(31)33-18-5-3-4-6-18)28-14-17-9-7-16(8-10-17)12-19-13-20(22(26)30)23(34-19)29-25(27)32/h7-10,13,15,18,21,28H,3-6,11-12,14H2,1-2H3,(H2,26,30)(H3,27,29,32). The van der Waals surface area contributed by atoms with E-state index in [0.29, 0.717) is 23.9 Å². The van der Waals surface area contributed by atoms with Crippen LogP contribution in [0.3, 0.4) is 0 Å². The van der Waals surface area contributed by atoms with Gasteiger partial charge in [0, 0.05) is 17.8 Å². The highest BCUT2D eigenvalue weighted by Gasteiger charge is 2.26. The number of hydrogen-bond acceptors (Lipinski definition) is 6. The molecule has 0 radical (unpaired) electrons. The molecule has 0 aliphatic heterocycles. The average molecular weight is 487 g/mol. The molecule has 2 aromatic rings. The van der Waals surface area contributed by atoms with Crippen molar-refractivity contribution in [2.75, 3.05) is 5.32 Å². The van der Waals surface area contributed by atoms with Crippen LogP contribution in [0.15, 0.2) is 30.3 Å². The normalized spacial score (nSPS) is 14.8. The summed E-state index contributed by atoms with van der Waals surface area (Å²) in [7, 11) is 0. The van der Waals surface area contributed by atoms with Crippen molar-refractivity contribution in [1.29, 1.82) is 0 Å². The fourth-order valence-electron chi connectivity index (χ4n) is 4.12. The number of thiophene rings is 1. The molecule has 1 aromatic heterocycles. The Morgan fingerprint density at radius 3 is 2.32 bits per heavy atom. The van der Waals surface area contributed by atoms with Crippen LogP contribution in [-0.4, -0.2) is 30.1 Å². The molecule has 0 saturated heterocycles. The van der Waals surface area contributed by atoms with Crippen molar-refractivity contribution in [2.45, 2.75) is 71.1 Å². The van der Waals surface area contributed by atoms with Gasteiger partial charge in [0.05, 0.1) is 5.56 Å². The van der Waals surface area contributed by atoms with E-state index in [1.165, 1.54) is 11.3 Å². The maximum absolute atomic E-state index is 12.7. The fraction of sp³-hybridized carbons (Fsp3) is 0.480. The van der Waals surface area contributed by atoms with Crippen LogP contribution in [0.25, 0.3) is 0 Å². The first-order chi connectivity index (χ1) is 16.2. The average Bonchev–Trinajstić information content (AvgIpc) is 3.41. The van der Waals surface area contributed by atoms with E-state index in [9.17, 15) is 14.4 Å². The van der Waals surface area contributed by atoms with Crippen molar-refractivity contribution in [1.82, 2.24) is 5.32 Å². The van der Waals surface area contributed by atoms with Crippen LogP contribution in [0.1, 0.15) is 72.3 Å². The Labute approximate surface area is 204 Å². The molecule has 1 heterocycles. The predicted octanol–water partition coefficient (Wildman–Crippen LogP) is 3.92. The zero-order chi connectivity index (χ0) is 24.7. The lowest BCUT2D eigenvalue weighted by Gasteiger charge is -2.22. The van der Waals surface area contributed by atoms with Crippen LogP contribution >= 0.6 is 11.3 Å². The van der Waals surface area contributed by atoms with Crippen LogP contribution in [0.4, 0.5) is 9.80 Å². The summed E-state index contributed by atoms with van der Waals surface area (Å²) in [5.74, 6) is -0.392. The molecule has 1 aliphatic rings. The second-order valence-corrected chi connectivity index (χ2v) is 10.3. The lowest BCUT2D eigenvalue weighted by atomic mass is 10.0. The molecule has 1 atom stereocenters. The lowest BCUT2D eigenvalue weighted by molar-refractivity contribution is -0.151. The van der Waals surface area contributed by atoms with Crippen molar-refractivity contribution in [3.8, 4) is 0 Å². The summed E-state index contributed by atoms with van der Waals surface area (Å²) in [6.07, 6.45) is 5.57. The molecule has 1 saturated carbocycles. The number of rotatable bonds is 11. The van der Waals surface area contributed by atoms with E-state index in [-0.39, 0.29) is 23.7 Å². The summed E-state index contributed by atoms with van der Waals surface area (Å²) >= 11 is 1.27. The zero-order valence-corrected chi connectivity index (χ0v) is 20.6. The summed E-state index contributed by atoms with van der Waals surface area (Å²) < 4.78 is 5.73. The molecule has 1 unspecified atom stereocenters. The minimum Gasteiger partial charge on any atom is -0.461 e. The zero-order valence-electron chi connectivity index (χ0n) is 19.8. The summed E-state index contributed by atoms with van der Waals surface area (Å²) in [5, 5.41) is 6.19. The van der Waals surface area contributed by atoms with E-state index in [1.54, 1.807) is 6.07 Å². The molecule has 1 aliphatic carbocycles. The van der Waals surface area contributed by atoms with E-state index in [4.69, 9.17) is 16.2 Å².